The summed E-state index contributed by atoms with van der Waals surface area (Å²) in [4.78, 5) is 11.5. The second-order valence-electron chi connectivity index (χ2n) is 7.22. The minimum Gasteiger partial charge on any atom is -0.378 e. The molecule has 196 valence electrons. The number of hydrazone groups is 1. The van der Waals surface area contributed by atoms with Crippen LogP contribution in [0.5, 0.6) is 5.75 Å². The van der Waals surface area contributed by atoms with E-state index in [0.29, 0.717) is 12.1 Å². The molecule has 0 radical (unpaired) electrons. The molecule has 0 unspecified atom stereocenters. The molecule has 0 saturated carbocycles. The molecule has 3 aromatic rings. The van der Waals surface area contributed by atoms with Crippen molar-refractivity contribution in [3.05, 3.63) is 89.5 Å². The van der Waals surface area contributed by atoms with E-state index in [9.17, 15) is 39.6 Å². The number of amides is 1. The van der Waals surface area contributed by atoms with Crippen LogP contribution in [0.15, 0.2) is 87.7 Å². The Morgan fingerprint density at radius 3 is 2.19 bits per heavy atom. The van der Waals surface area contributed by atoms with E-state index in [-0.39, 0.29) is 33.5 Å². The Bertz CT molecular complexity index is 1390. The van der Waals surface area contributed by atoms with Crippen LogP contribution in [-0.2, 0) is 27.5 Å². The first-order chi connectivity index (χ1) is 17.2. The molecule has 3 rings (SSSR count). The summed E-state index contributed by atoms with van der Waals surface area (Å²) in [5.41, 5.74) is -3.21. The van der Waals surface area contributed by atoms with Gasteiger partial charge in [0.1, 0.15) is 4.90 Å². The molecule has 1 N–H and O–H groups in total. The number of carbonyl (C=O) groups is 1. The average molecular weight is 563 g/mol. The van der Waals surface area contributed by atoms with Gasteiger partial charge in [-0.2, -0.15) is 39.9 Å². The lowest BCUT2D eigenvalue weighted by molar-refractivity contribution is -0.137. The summed E-state index contributed by atoms with van der Waals surface area (Å²) in [7, 11) is -4.51. The van der Waals surface area contributed by atoms with Gasteiger partial charge in [0.2, 0.25) is 5.91 Å². The number of halogens is 6. The Morgan fingerprint density at radius 1 is 0.919 bits per heavy atom. The number of nitrogens with one attached hydrogen (secondary N) is 1. The van der Waals surface area contributed by atoms with Gasteiger partial charge in [-0.1, -0.05) is 30.3 Å². The van der Waals surface area contributed by atoms with Crippen molar-refractivity contribution in [2.45, 2.75) is 27.9 Å². The summed E-state index contributed by atoms with van der Waals surface area (Å²) in [5.74, 6) is -0.963. The number of carbonyl (C=O) groups excluding carboxylic acids is 1. The number of nitrogens with zero attached hydrogens (tertiary/aromatic N) is 1. The summed E-state index contributed by atoms with van der Waals surface area (Å²) in [6.45, 7) is 0. The number of rotatable bonds is 8. The summed E-state index contributed by atoms with van der Waals surface area (Å²) in [6, 6.07) is 13.8. The van der Waals surface area contributed by atoms with Crippen molar-refractivity contribution >= 4 is 34.0 Å². The molecule has 0 saturated heterocycles. The summed E-state index contributed by atoms with van der Waals surface area (Å²) < 4.78 is 106. The van der Waals surface area contributed by atoms with Crippen molar-refractivity contribution in [3.63, 3.8) is 0 Å². The average Bonchev–Trinajstić information content (AvgIpc) is 2.80. The van der Waals surface area contributed by atoms with Gasteiger partial charge in [0.15, 0.2) is 5.75 Å². The van der Waals surface area contributed by atoms with Crippen LogP contribution in [0.2, 0.25) is 0 Å². The largest absolute Gasteiger partial charge is 0.446 e. The first kappa shape index (κ1) is 28.1. The molecule has 0 atom stereocenters. The fourth-order valence-electron chi connectivity index (χ4n) is 2.90. The highest BCUT2D eigenvalue weighted by molar-refractivity contribution is 8.00. The van der Waals surface area contributed by atoms with Crippen molar-refractivity contribution in [1.82, 2.24) is 5.43 Å². The zero-order chi connectivity index (χ0) is 27.3. The van der Waals surface area contributed by atoms with Gasteiger partial charge in [0, 0.05) is 10.5 Å². The van der Waals surface area contributed by atoms with Crippen molar-refractivity contribution in [2.24, 2.45) is 5.10 Å². The highest BCUT2D eigenvalue weighted by Gasteiger charge is 2.31. The van der Waals surface area contributed by atoms with Gasteiger partial charge in [-0.25, -0.2) is 5.43 Å². The van der Waals surface area contributed by atoms with E-state index < -0.39 is 44.6 Å². The number of hydrogen-bond acceptors (Lipinski definition) is 6. The van der Waals surface area contributed by atoms with E-state index in [1.165, 1.54) is 48.5 Å². The molecule has 0 aromatic heterocycles. The third kappa shape index (κ3) is 8.25. The Labute approximate surface area is 211 Å². The number of alkyl halides is 6. The van der Waals surface area contributed by atoms with Crippen LogP contribution in [0, 0.1) is 0 Å². The Balaban J connectivity index is 1.69. The van der Waals surface area contributed by atoms with Crippen molar-refractivity contribution in [2.75, 3.05) is 0 Å². The first-order valence-electron chi connectivity index (χ1n) is 10.1. The van der Waals surface area contributed by atoms with Crippen LogP contribution in [0.4, 0.5) is 26.3 Å². The third-order valence-corrected chi connectivity index (χ3v) is 6.63. The third-order valence-electron chi connectivity index (χ3n) is 4.53. The SMILES string of the molecule is O=C(Cc1ccccc1SC(F)(F)F)N/N=C/c1ccccc1OS(=O)(=O)c1ccc(C(F)(F)F)cc1. The van der Waals surface area contributed by atoms with Crippen molar-refractivity contribution < 1.29 is 43.7 Å². The topological polar surface area (TPSA) is 84.8 Å². The number of para-hydroxylation sites is 1. The molecule has 0 aliphatic rings. The lowest BCUT2D eigenvalue weighted by Gasteiger charge is -2.11. The zero-order valence-electron chi connectivity index (χ0n) is 18.4. The molecule has 37 heavy (non-hydrogen) atoms. The van der Waals surface area contributed by atoms with Gasteiger partial charge in [0.25, 0.3) is 0 Å². The molecule has 14 heteroatoms. The van der Waals surface area contributed by atoms with Crippen LogP contribution < -0.4 is 9.61 Å². The predicted molar refractivity (Wildman–Crippen MR) is 123 cm³/mol. The van der Waals surface area contributed by atoms with Crippen LogP contribution in [-0.4, -0.2) is 26.0 Å². The van der Waals surface area contributed by atoms with Gasteiger partial charge >= 0.3 is 21.8 Å². The molecule has 0 spiro atoms. The van der Waals surface area contributed by atoms with E-state index >= 15 is 0 Å². The minimum absolute atomic E-state index is 0.0892. The highest BCUT2D eigenvalue weighted by Crippen LogP contribution is 2.38. The van der Waals surface area contributed by atoms with E-state index in [4.69, 9.17) is 4.18 Å². The van der Waals surface area contributed by atoms with E-state index in [1.807, 2.05) is 0 Å². The maximum Gasteiger partial charge on any atom is 0.446 e. The predicted octanol–water partition coefficient (Wildman–Crippen LogP) is 5.78. The molecule has 6 nitrogen and oxygen atoms in total. The van der Waals surface area contributed by atoms with Crippen LogP contribution in [0.3, 0.4) is 0 Å². The van der Waals surface area contributed by atoms with Gasteiger partial charge < -0.3 is 4.18 Å². The van der Waals surface area contributed by atoms with Crippen LogP contribution >= 0.6 is 11.8 Å². The number of thioether (sulfide) groups is 1. The van der Waals surface area contributed by atoms with E-state index in [2.05, 4.69) is 10.5 Å². The number of benzene rings is 3. The lowest BCUT2D eigenvalue weighted by atomic mass is 10.1. The maximum atomic E-state index is 12.7. The van der Waals surface area contributed by atoms with Crippen LogP contribution in [0.25, 0.3) is 0 Å². The fourth-order valence-corrected chi connectivity index (χ4v) is 4.52. The normalized spacial score (nSPS) is 12.5. The molecule has 1 amide bonds. The molecular weight excluding hydrogens is 546 g/mol. The summed E-state index contributed by atoms with van der Waals surface area (Å²) >= 11 is -0.350. The molecule has 0 aliphatic carbocycles. The molecule has 0 aliphatic heterocycles. The van der Waals surface area contributed by atoms with Gasteiger partial charge in [-0.15, -0.1) is 0 Å². The monoisotopic (exact) mass is 562 g/mol. The van der Waals surface area contributed by atoms with Crippen LogP contribution in [0.1, 0.15) is 16.7 Å². The van der Waals surface area contributed by atoms with E-state index in [0.717, 1.165) is 18.3 Å². The Morgan fingerprint density at radius 2 is 1.54 bits per heavy atom. The smallest absolute Gasteiger partial charge is 0.378 e. The fraction of sp³-hybridized carbons (Fsp3) is 0.130. The molecule has 0 fully saturated rings. The summed E-state index contributed by atoms with van der Waals surface area (Å²) in [5, 5.41) is 3.69. The first-order valence-corrected chi connectivity index (χ1v) is 12.3. The van der Waals surface area contributed by atoms with E-state index in [1.54, 1.807) is 0 Å². The van der Waals surface area contributed by atoms with Gasteiger partial charge in [-0.05, 0) is 59.8 Å². The number of hydrogen-bond donors (Lipinski definition) is 1. The summed E-state index contributed by atoms with van der Waals surface area (Å²) in [6.07, 6.45) is -4.00. The second-order valence-corrected chi connectivity index (χ2v) is 9.88. The standard InChI is InChI=1S/C23H16F6N2O4S2/c24-22(25,26)17-9-11-18(12-10-17)37(33,34)35-19-7-3-1-6-16(19)14-30-31-21(32)13-15-5-2-4-8-20(15)36-23(27,28)29/h1-12,14H,13H2,(H,31,32)/b30-14+. The maximum absolute atomic E-state index is 12.7. The minimum atomic E-state index is -4.64. The molecule has 0 bridgehead atoms. The molecule has 3 aromatic carbocycles. The van der Waals surface area contributed by atoms with Crippen molar-refractivity contribution in [3.8, 4) is 5.75 Å². The second kappa shape index (κ2) is 11.3. The lowest BCUT2D eigenvalue weighted by Crippen LogP contribution is -2.20. The molecule has 0 heterocycles. The molecular formula is C23H16F6N2O4S2. The quantitative estimate of drug-likeness (QED) is 0.124. The Kier molecular flexibility index (Phi) is 8.53. The van der Waals surface area contributed by atoms with Gasteiger partial charge in [0.05, 0.1) is 18.2 Å². The van der Waals surface area contributed by atoms with Gasteiger partial charge in [-0.3, -0.25) is 4.79 Å². The van der Waals surface area contributed by atoms with Crippen molar-refractivity contribution in [1.29, 1.82) is 0 Å². The highest BCUT2D eigenvalue weighted by atomic mass is 32.2. The zero-order valence-corrected chi connectivity index (χ0v) is 20.0. The Hall–Kier alpha value is -3.52.